The van der Waals surface area contributed by atoms with E-state index in [1.54, 1.807) is 0 Å². The van der Waals surface area contributed by atoms with Gasteiger partial charge < -0.3 is 4.90 Å². The maximum atomic E-state index is 2.40. The fourth-order valence-electron chi connectivity index (χ4n) is 8.81. The van der Waals surface area contributed by atoms with Crippen LogP contribution in [-0.4, -0.2) is 0 Å². The van der Waals surface area contributed by atoms with Gasteiger partial charge in [-0.2, -0.15) is 0 Å². The Morgan fingerprint density at radius 2 is 0.746 bits per heavy atom. The minimum absolute atomic E-state index is 1.10. The van der Waals surface area contributed by atoms with E-state index in [1.807, 2.05) is 0 Å². The van der Waals surface area contributed by atoms with E-state index in [4.69, 9.17) is 0 Å². The molecule has 11 rings (SSSR count). The Balaban J connectivity index is 0.975. The van der Waals surface area contributed by atoms with Crippen LogP contribution in [0.25, 0.3) is 87.6 Å². The van der Waals surface area contributed by atoms with Crippen molar-refractivity contribution in [2.75, 3.05) is 4.90 Å². The SMILES string of the molecule is c1ccc(-c2ccccc2N(c2ccc(-c3ccc4ccccc4c3)cc2)c2cccc(-c3ccc(-c4ccc5ccc6ccc7ccccc7c6c5c4)cc3)c2)cc1. The summed E-state index contributed by atoms with van der Waals surface area (Å²) in [7, 11) is 0. The fraction of sp³-hybridized carbons (Fsp3) is 0. The van der Waals surface area contributed by atoms with Gasteiger partial charge in [0.05, 0.1) is 5.69 Å². The van der Waals surface area contributed by atoms with Gasteiger partial charge in [0.2, 0.25) is 0 Å². The number of rotatable bonds is 7. The zero-order chi connectivity index (χ0) is 39.1. The molecule has 1 heteroatoms. The standard InChI is InChI=1S/C58H39N/c1-2-12-44(13-3-1)54-18-8-9-20-57(54)59(52-35-33-43(34-36-52)50-31-25-40-11-4-5-15-48(40)37-50)53-17-10-16-49(38-53)41-21-23-42(24-22-41)51-32-28-46-27-30-47-29-26-45-14-6-7-19-55(45)58(47)56(46)39-51/h1-39H. The first-order valence-electron chi connectivity index (χ1n) is 20.3. The average molecular weight is 750 g/mol. The van der Waals surface area contributed by atoms with Gasteiger partial charge in [0.25, 0.3) is 0 Å². The van der Waals surface area contributed by atoms with Crippen molar-refractivity contribution in [3.63, 3.8) is 0 Å². The summed E-state index contributed by atoms with van der Waals surface area (Å²) < 4.78 is 0. The molecular weight excluding hydrogens is 711 g/mol. The van der Waals surface area contributed by atoms with Gasteiger partial charge in [0.15, 0.2) is 0 Å². The van der Waals surface area contributed by atoms with Crippen LogP contribution >= 0.6 is 0 Å². The Bertz CT molecular complexity index is 3300. The summed E-state index contributed by atoms with van der Waals surface area (Å²) in [6.45, 7) is 0. The molecule has 0 radical (unpaired) electrons. The summed E-state index contributed by atoms with van der Waals surface area (Å²) in [5.74, 6) is 0. The molecule has 59 heavy (non-hydrogen) atoms. The third-order valence-electron chi connectivity index (χ3n) is 11.8. The zero-order valence-corrected chi connectivity index (χ0v) is 32.5. The minimum Gasteiger partial charge on any atom is -0.310 e. The van der Waals surface area contributed by atoms with Crippen LogP contribution < -0.4 is 4.90 Å². The van der Waals surface area contributed by atoms with E-state index in [0.717, 1.165) is 17.1 Å². The van der Waals surface area contributed by atoms with Gasteiger partial charge in [-0.25, -0.2) is 0 Å². The van der Waals surface area contributed by atoms with Crippen LogP contribution in [-0.2, 0) is 0 Å². The number of nitrogens with zero attached hydrogens (tertiary/aromatic N) is 1. The molecule has 0 saturated carbocycles. The van der Waals surface area contributed by atoms with Crippen LogP contribution in [0, 0.1) is 0 Å². The van der Waals surface area contributed by atoms with Crippen molar-refractivity contribution in [3.05, 3.63) is 237 Å². The largest absolute Gasteiger partial charge is 0.310 e. The molecule has 0 atom stereocenters. The van der Waals surface area contributed by atoms with Crippen LogP contribution in [0.2, 0.25) is 0 Å². The van der Waals surface area contributed by atoms with Gasteiger partial charge in [0, 0.05) is 16.9 Å². The summed E-state index contributed by atoms with van der Waals surface area (Å²) in [6, 6.07) is 86.2. The molecule has 11 aromatic carbocycles. The Labute approximate surface area is 344 Å². The predicted molar refractivity (Wildman–Crippen MR) is 253 cm³/mol. The highest BCUT2D eigenvalue weighted by Gasteiger charge is 2.18. The van der Waals surface area contributed by atoms with E-state index in [0.29, 0.717) is 0 Å². The first-order chi connectivity index (χ1) is 29.2. The summed E-state index contributed by atoms with van der Waals surface area (Å²) in [5.41, 5.74) is 12.9. The molecule has 276 valence electrons. The molecule has 0 unspecified atom stereocenters. The van der Waals surface area contributed by atoms with Gasteiger partial charge in [-0.1, -0.05) is 194 Å². The third kappa shape index (κ3) is 6.40. The number of para-hydroxylation sites is 1. The summed E-state index contributed by atoms with van der Waals surface area (Å²) >= 11 is 0. The molecule has 0 spiro atoms. The molecule has 1 nitrogen and oxygen atoms in total. The average Bonchev–Trinajstić information content (AvgIpc) is 3.32. The molecule has 11 aromatic rings. The molecule has 0 aromatic heterocycles. The van der Waals surface area contributed by atoms with E-state index in [1.165, 1.54) is 87.6 Å². The highest BCUT2D eigenvalue weighted by atomic mass is 15.1. The van der Waals surface area contributed by atoms with Crippen molar-refractivity contribution in [2.45, 2.75) is 0 Å². The van der Waals surface area contributed by atoms with Crippen molar-refractivity contribution in [1.29, 1.82) is 0 Å². The number of hydrogen-bond donors (Lipinski definition) is 0. The van der Waals surface area contributed by atoms with Crippen molar-refractivity contribution in [2.24, 2.45) is 0 Å². The first-order valence-corrected chi connectivity index (χ1v) is 20.3. The summed E-state index contributed by atoms with van der Waals surface area (Å²) in [6.07, 6.45) is 0. The Morgan fingerprint density at radius 1 is 0.237 bits per heavy atom. The fourth-order valence-corrected chi connectivity index (χ4v) is 8.81. The maximum absolute atomic E-state index is 2.40. The second-order valence-electron chi connectivity index (χ2n) is 15.3. The lowest BCUT2D eigenvalue weighted by molar-refractivity contribution is 1.28. The van der Waals surface area contributed by atoms with Gasteiger partial charge in [-0.3, -0.25) is 0 Å². The van der Waals surface area contributed by atoms with Gasteiger partial charge >= 0.3 is 0 Å². The molecule has 0 aliphatic rings. The lowest BCUT2D eigenvalue weighted by atomic mass is 9.93. The molecule has 0 heterocycles. The van der Waals surface area contributed by atoms with Crippen LogP contribution in [0.15, 0.2) is 237 Å². The number of benzene rings is 11. The number of anilines is 3. The first kappa shape index (κ1) is 34.5. The quantitative estimate of drug-likeness (QED) is 0.147. The van der Waals surface area contributed by atoms with Crippen molar-refractivity contribution < 1.29 is 0 Å². The molecule has 0 aliphatic heterocycles. The van der Waals surface area contributed by atoms with Crippen molar-refractivity contribution in [1.82, 2.24) is 0 Å². The molecular formula is C58H39N. The third-order valence-corrected chi connectivity index (χ3v) is 11.8. The number of fused-ring (bicyclic) bond motifs is 6. The highest BCUT2D eigenvalue weighted by Crippen LogP contribution is 2.43. The Morgan fingerprint density at radius 3 is 1.51 bits per heavy atom. The molecule has 0 bridgehead atoms. The monoisotopic (exact) mass is 749 g/mol. The topological polar surface area (TPSA) is 3.24 Å². The maximum Gasteiger partial charge on any atom is 0.0540 e. The molecule has 0 saturated heterocycles. The highest BCUT2D eigenvalue weighted by molar-refractivity contribution is 6.20. The molecule has 0 aliphatic carbocycles. The molecule has 0 amide bonds. The molecule has 0 N–H and O–H groups in total. The lowest BCUT2D eigenvalue weighted by Crippen LogP contribution is -2.11. The van der Waals surface area contributed by atoms with E-state index in [9.17, 15) is 0 Å². The van der Waals surface area contributed by atoms with Crippen LogP contribution in [0.3, 0.4) is 0 Å². The zero-order valence-electron chi connectivity index (χ0n) is 32.5. The van der Waals surface area contributed by atoms with Crippen LogP contribution in [0.1, 0.15) is 0 Å². The van der Waals surface area contributed by atoms with Crippen molar-refractivity contribution in [3.8, 4) is 44.5 Å². The lowest BCUT2D eigenvalue weighted by Gasteiger charge is -2.28. The van der Waals surface area contributed by atoms with Crippen molar-refractivity contribution >= 4 is 60.2 Å². The van der Waals surface area contributed by atoms with E-state index >= 15 is 0 Å². The molecule has 0 fully saturated rings. The second-order valence-corrected chi connectivity index (χ2v) is 15.3. The smallest absolute Gasteiger partial charge is 0.0540 e. The van der Waals surface area contributed by atoms with Crippen LogP contribution in [0.5, 0.6) is 0 Å². The Kier molecular flexibility index (Phi) is 8.56. The van der Waals surface area contributed by atoms with E-state index in [-0.39, 0.29) is 0 Å². The summed E-state index contributed by atoms with van der Waals surface area (Å²) in [4.78, 5) is 2.40. The number of hydrogen-bond acceptors (Lipinski definition) is 1. The van der Waals surface area contributed by atoms with E-state index < -0.39 is 0 Å². The van der Waals surface area contributed by atoms with Gasteiger partial charge in [0.1, 0.15) is 0 Å². The van der Waals surface area contributed by atoms with E-state index in [2.05, 4.69) is 241 Å². The predicted octanol–water partition coefficient (Wildman–Crippen LogP) is 16.4. The normalized spacial score (nSPS) is 11.4. The Hall–Kier alpha value is -7.74. The van der Waals surface area contributed by atoms with Gasteiger partial charge in [-0.05, 0) is 124 Å². The van der Waals surface area contributed by atoms with Crippen LogP contribution in [0.4, 0.5) is 17.1 Å². The van der Waals surface area contributed by atoms with Gasteiger partial charge in [-0.15, -0.1) is 0 Å². The summed E-state index contributed by atoms with van der Waals surface area (Å²) in [5, 5.41) is 10.2. The minimum atomic E-state index is 1.10. The second kappa shape index (κ2) is 14.6.